The van der Waals surface area contributed by atoms with Crippen molar-refractivity contribution in [1.82, 2.24) is 5.32 Å². The second-order valence-corrected chi connectivity index (χ2v) is 9.78. The fraction of sp³-hybridized carbons (Fsp3) is 0.520. The third kappa shape index (κ3) is 4.86. The average Bonchev–Trinajstić information content (AvgIpc) is 3.23. The topological polar surface area (TPSA) is 64.6 Å². The van der Waals surface area contributed by atoms with Gasteiger partial charge >= 0.3 is 12.1 Å². The van der Waals surface area contributed by atoms with Crippen molar-refractivity contribution in [3.05, 3.63) is 57.9 Å². The fourth-order valence-electron chi connectivity index (χ4n) is 4.93. The zero-order valence-electron chi connectivity index (χ0n) is 19.0. The van der Waals surface area contributed by atoms with Gasteiger partial charge < -0.3 is 14.8 Å². The lowest BCUT2D eigenvalue weighted by molar-refractivity contribution is -0.142. The van der Waals surface area contributed by atoms with Gasteiger partial charge in [0.25, 0.3) is 0 Å². The van der Waals surface area contributed by atoms with Crippen LogP contribution in [-0.4, -0.2) is 31.1 Å². The lowest BCUT2D eigenvalue weighted by atomic mass is 9.68. The molecule has 3 aliphatic rings. The van der Waals surface area contributed by atoms with E-state index in [2.05, 4.69) is 5.32 Å². The molecular weight excluding hydrogens is 435 g/mol. The smallest absolute Gasteiger partial charge is 0.416 e. The predicted octanol–water partition coefficient (Wildman–Crippen LogP) is 5.03. The van der Waals surface area contributed by atoms with Gasteiger partial charge in [0.05, 0.1) is 17.2 Å². The van der Waals surface area contributed by atoms with E-state index in [0.29, 0.717) is 42.0 Å². The second kappa shape index (κ2) is 8.63. The number of carbonyl (C=O) groups excluding carboxylic acids is 2. The molecule has 1 saturated heterocycles. The molecule has 2 heterocycles. The molecule has 0 bridgehead atoms. The Labute approximate surface area is 191 Å². The Morgan fingerprint density at radius 2 is 1.91 bits per heavy atom. The molecule has 178 valence electrons. The van der Waals surface area contributed by atoms with Gasteiger partial charge in [0, 0.05) is 35.9 Å². The SMILES string of the molecule is CC1=C(C(=O)OC[C@@H]2CCCO2)[C@H](c2ccc(C(F)(F)F)cc2)C2=C(CC(C)(C)CC2=O)N1. The fourth-order valence-corrected chi connectivity index (χ4v) is 4.93. The number of hydrogen-bond acceptors (Lipinski definition) is 5. The van der Waals surface area contributed by atoms with E-state index < -0.39 is 23.6 Å². The largest absolute Gasteiger partial charge is 0.459 e. The molecule has 5 nitrogen and oxygen atoms in total. The van der Waals surface area contributed by atoms with Crippen LogP contribution in [0.25, 0.3) is 0 Å². The highest BCUT2D eigenvalue weighted by molar-refractivity contribution is 6.04. The number of carbonyl (C=O) groups is 2. The van der Waals surface area contributed by atoms with Crippen molar-refractivity contribution < 1.29 is 32.2 Å². The van der Waals surface area contributed by atoms with Crippen LogP contribution in [0.3, 0.4) is 0 Å². The molecule has 0 unspecified atom stereocenters. The summed E-state index contributed by atoms with van der Waals surface area (Å²) in [6, 6.07) is 4.66. The minimum Gasteiger partial charge on any atom is -0.459 e. The van der Waals surface area contributed by atoms with Crippen molar-refractivity contribution in [1.29, 1.82) is 0 Å². The number of esters is 1. The molecule has 33 heavy (non-hydrogen) atoms. The van der Waals surface area contributed by atoms with Crippen LogP contribution in [-0.2, 0) is 25.2 Å². The first kappa shape index (κ1) is 23.5. The maximum absolute atomic E-state index is 13.2. The molecular formula is C25H28F3NO4. The van der Waals surface area contributed by atoms with Crippen molar-refractivity contribution in [2.45, 2.75) is 64.7 Å². The maximum atomic E-state index is 13.2. The Morgan fingerprint density at radius 3 is 2.52 bits per heavy atom. The Kier molecular flexibility index (Phi) is 6.16. The van der Waals surface area contributed by atoms with Crippen LogP contribution in [0.15, 0.2) is 46.8 Å². The van der Waals surface area contributed by atoms with Crippen LogP contribution < -0.4 is 5.32 Å². The zero-order valence-corrected chi connectivity index (χ0v) is 19.0. The van der Waals surface area contributed by atoms with Crippen molar-refractivity contribution >= 4 is 11.8 Å². The lowest BCUT2D eigenvalue weighted by Gasteiger charge is -2.39. The summed E-state index contributed by atoms with van der Waals surface area (Å²) in [6.45, 7) is 6.44. The van der Waals surface area contributed by atoms with Crippen molar-refractivity contribution in [3.63, 3.8) is 0 Å². The van der Waals surface area contributed by atoms with E-state index in [1.54, 1.807) is 6.92 Å². The van der Waals surface area contributed by atoms with Gasteiger partial charge in [0.2, 0.25) is 0 Å². The van der Waals surface area contributed by atoms with Gasteiger partial charge in [-0.15, -0.1) is 0 Å². The number of Topliss-reactive ketones (excluding diaryl/α,β-unsaturated/α-hetero) is 1. The number of halogens is 3. The van der Waals surface area contributed by atoms with Gasteiger partial charge in [-0.25, -0.2) is 4.79 Å². The van der Waals surface area contributed by atoms with Crippen LogP contribution in [0.2, 0.25) is 0 Å². The highest BCUT2D eigenvalue weighted by Crippen LogP contribution is 2.47. The first-order chi connectivity index (χ1) is 15.5. The number of dihydropyridines is 1. The minimum absolute atomic E-state index is 0.0994. The van der Waals surface area contributed by atoms with E-state index in [1.165, 1.54) is 12.1 Å². The third-order valence-corrected chi connectivity index (χ3v) is 6.46. The summed E-state index contributed by atoms with van der Waals surface area (Å²) in [6.07, 6.45) is -2.04. The Balaban J connectivity index is 1.73. The number of hydrogen-bond donors (Lipinski definition) is 1. The standard InChI is InChI=1S/C25H28F3NO4/c1-14-20(23(31)33-13-17-5-4-10-32-17)21(15-6-8-16(9-7-15)25(26,27)28)22-18(29-14)11-24(2,3)12-19(22)30/h6-9,17,21,29H,4-5,10-13H2,1-3H3/t17-,21-/m0/s1. The van der Waals surface area contributed by atoms with Gasteiger partial charge in [-0.3, -0.25) is 4.79 Å². The van der Waals surface area contributed by atoms with Crippen LogP contribution in [0, 0.1) is 5.41 Å². The van der Waals surface area contributed by atoms with Crippen molar-refractivity contribution in [2.24, 2.45) is 5.41 Å². The molecule has 0 amide bonds. The van der Waals surface area contributed by atoms with Crippen molar-refractivity contribution in [3.8, 4) is 0 Å². The third-order valence-electron chi connectivity index (χ3n) is 6.46. The van der Waals surface area contributed by atoms with E-state index in [0.717, 1.165) is 25.0 Å². The molecule has 1 aliphatic carbocycles. The second-order valence-electron chi connectivity index (χ2n) is 9.78. The molecule has 1 fully saturated rings. The number of ketones is 1. The van der Waals surface area contributed by atoms with E-state index >= 15 is 0 Å². The van der Waals surface area contributed by atoms with E-state index in [9.17, 15) is 22.8 Å². The first-order valence-electron chi connectivity index (χ1n) is 11.2. The summed E-state index contributed by atoms with van der Waals surface area (Å²) < 4.78 is 50.4. The summed E-state index contributed by atoms with van der Waals surface area (Å²) in [5.74, 6) is -1.50. The van der Waals surface area contributed by atoms with E-state index in [4.69, 9.17) is 9.47 Å². The molecule has 2 aliphatic heterocycles. The van der Waals surface area contributed by atoms with Gasteiger partial charge in [-0.2, -0.15) is 13.2 Å². The summed E-state index contributed by atoms with van der Waals surface area (Å²) in [5, 5.41) is 3.22. The maximum Gasteiger partial charge on any atom is 0.416 e. The monoisotopic (exact) mass is 463 g/mol. The number of rotatable bonds is 4. The summed E-state index contributed by atoms with van der Waals surface area (Å²) in [5.41, 5.74) is 1.35. The molecule has 1 aromatic carbocycles. The molecule has 0 spiro atoms. The molecule has 8 heteroatoms. The van der Waals surface area contributed by atoms with Crippen LogP contribution in [0.4, 0.5) is 13.2 Å². The normalized spacial score (nSPS) is 25.1. The van der Waals surface area contributed by atoms with Gasteiger partial charge in [-0.1, -0.05) is 26.0 Å². The number of benzene rings is 1. The predicted molar refractivity (Wildman–Crippen MR) is 115 cm³/mol. The van der Waals surface area contributed by atoms with Crippen LogP contribution in [0.1, 0.15) is 63.5 Å². The quantitative estimate of drug-likeness (QED) is 0.635. The first-order valence-corrected chi connectivity index (χ1v) is 11.2. The van der Waals surface area contributed by atoms with E-state index in [-0.39, 0.29) is 29.5 Å². The summed E-state index contributed by atoms with van der Waals surface area (Å²) in [7, 11) is 0. The van der Waals surface area contributed by atoms with Crippen LogP contribution >= 0.6 is 0 Å². The average molecular weight is 463 g/mol. The molecule has 0 aromatic heterocycles. The molecule has 1 aromatic rings. The number of alkyl halides is 3. The number of ether oxygens (including phenoxy) is 2. The van der Waals surface area contributed by atoms with Crippen molar-refractivity contribution in [2.75, 3.05) is 13.2 Å². The van der Waals surface area contributed by atoms with Gasteiger partial charge in [0.1, 0.15) is 6.61 Å². The van der Waals surface area contributed by atoms with E-state index in [1.807, 2.05) is 13.8 Å². The minimum atomic E-state index is -4.48. The lowest BCUT2D eigenvalue weighted by Crippen LogP contribution is -2.39. The zero-order chi connectivity index (χ0) is 24.0. The molecule has 0 radical (unpaired) electrons. The molecule has 0 saturated carbocycles. The van der Waals surface area contributed by atoms with Gasteiger partial charge in [0.15, 0.2) is 5.78 Å². The summed E-state index contributed by atoms with van der Waals surface area (Å²) >= 11 is 0. The number of nitrogens with one attached hydrogen (secondary N) is 1. The Bertz CT molecular complexity index is 1020. The highest BCUT2D eigenvalue weighted by atomic mass is 19.4. The Morgan fingerprint density at radius 1 is 1.21 bits per heavy atom. The Hall–Kier alpha value is -2.61. The summed E-state index contributed by atoms with van der Waals surface area (Å²) in [4.78, 5) is 26.4. The van der Waals surface area contributed by atoms with Gasteiger partial charge in [-0.05, 0) is 49.3 Å². The highest BCUT2D eigenvalue weighted by Gasteiger charge is 2.43. The molecule has 4 rings (SSSR count). The molecule has 2 atom stereocenters. The molecule has 1 N–H and O–H groups in total. The van der Waals surface area contributed by atoms with Crippen LogP contribution in [0.5, 0.6) is 0 Å². The number of allylic oxidation sites excluding steroid dienone is 3.